The van der Waals surface area contributed by atoms with Gasteiger partial charge in [-0.25, -0.2) is 4.68 Å². The molecule has 1 N–H and O–H groups in total. The van der Waals surface area contributed by atoms with Crippen LogP contribution < -0.4 is 0 Å². The zero-order chi connectivity index (χ0) is 13.9. The van der Waals surface area contributed by atoms with Gasteiger partial charge in [0.1, 0.15) is 0 Å². The molecule has 0 bridgehead atoms. The minimum absolute atomic E-state index is 0.0177. The van der Waals surface area contributed by atoms with Crippen LogP contribution >= 0.6 is 0 Å². The van der Waals surface area contributed by atoms with Gasteiger partial charge >= 0.3 is 0 Å². The van der Waals surface area contributed by atoms with E-state index in [1.165, 1.54) is 5.56 Å². The van der Waals surface area contributed by atoms with Crippen molar-refractivity contribution in [3.8, 4) is 16.9 Å². The third-order valence-electron chi connectivity index (χ3n) is 3.27. The first-order valence-electron chi connectivity index (χ1n) is 6.60. The molecule has 20 heavy (non-hydrogen) atoms. The molecular weight excluding hydrogens is 248 g/mol. The van der Waals surface area contributed by atoms with E-state index in [-0.39, 0.29) is 6.61 Å². The fourth-order valence-corrected chi connectivity index (χ4v) is 2.27. The Hall–Kier alpha value is -2.39. The molecule has 0 saturated carbocycles. The minimum Gasteiger partial charge on any atom is -0.392 e. The molecular formula is C17H16N2O. The smallest absolute Gasteiger partial charge is 0.0982 e. The first kappa shape index (κ1) is 12.6. The summed E-state index contributed by atoms with van der Waals surface area (Å²) in [6.07, 6.45) is 1.88. The minimum atomic E-state index is -0.0177. The van der Waals surface area contributed by atoms with Gasteiger partial charge in [0.15, 0.2) is 0 Å². The number of hydrogen-bond donors (Lipinski definition) is 1. The Balaban J connectivity index is 2.10. The van der Waals surface area contributed by atoms with Crippen molar-refractivity contribution < 1.29 is 5.11 Å². The summed E-state index contributed by atoms with van der Waals surface area (Å²) in [5, 5.41) is 14.2. The van der Waals surface area contributed by atoms with E-state index in [9.17, 15) is 5.11 Å². The van der Waals surface area contributed by atoms with E-state index < -0.39 is 0 Å². The van der Waals surface area contributed by atoms with Crippen LogP contribution in [0.1, 0.15) is 11.1 Å². The van der Waals surface area contributed by atoms with Gasteiger partial charge in [-0.2, -0.15) is 5.10 Å². The topological polar surface area (TPSA) is 38.0 Å². The molecule has 1 aromatic heterocycles. The van der Waals surface area contributed by atoms with Crippen LogP contribution in [0.2, 0.25) is 0 Å². The average molecular weight is 264 g/mol. The molecule has 2 aromatic carbocycles. The van der Waals surface area contributed by atoms with Gasteiger partial charge in [-0.15, -0.1) is 0 Å². The van der Waals surface area contributed by atoms with Crippen molar-refractivity contribution in [2.24, 2.45) is 0 Å². The first-order chi connectivity index (χ1) is 9.78. The van der Waals surface area contributed by atoms with Crippen LogP contribution in [0.15, 0.2) is 60.8 Å². The van der Waals surface area contributed by atoms with Crippen molar-refractivity contribution in [2.45, 2.75) is 13.5 Å². The molecule has 0 fully saturated rings. The van der Waals surface area contributed by atoms with E-state index in [0.717, 1.165) is 22.5 Å². The summed E-state index contributed by atoms with van der Waals surface area (Å²) in [5.41, 5.74) is 4.87. The second kappa shape index (κ2) is 5.31. The highest BCUT2D eigenvalue weighted by Crippen LogP contribution is 2.24. The molecule has 1 heterocycles. The van der Waals surface area contributed by atoms with Gasteiger partial charge in [0.05, 0.1) is 18.0 Å². The van der Waals surface area contributed by atoms with Gasteiger partial charge in [-0.3, -0.25) is 0 Å². The molecule has 3 nitrogen and oxygen atoms in total. The predicted octanol–water partition coefficient (Wildman–Crippen LogP) is 3.34. The van der Waals surface area contributed by atoms with Crippen LogP contribution in [0.3, 0.4) is 0 Å². The third-order valence-corrected chi connectivity index (χ3v) is 3.27. The summed E-state index contributed by atoms with van der Waals surface area (Å²) >= 11 is 0. The maximum atomic E-state index is 9.56. The lowest BCUT2D eigenvalue weighted by molar-refractivity contribution is 0.282. The number of aryl methyl sites for hydroxylation is 1. The molecule has 3 aromatic rings. The summed E-state index contributed by atoms with van der Waals surface area (Å²) in [5.74, 6) is 0. The number of aromatic nitrogens is 2. The zero-order valence-corrected chi connectivity index (χ0v) is 11.3. The van der Waals surface area contributed by atoms with Gasteiger partial charge in [0.2, 0.25) is 0 Å². The maximum Gasteiger partial charge on any atom is 0.0982 e. The summed E-state index contributed by atoms with van der Waals surface area (Å²) in [7, 11) is 0. The van der Waals surface area contributed by atoms with E-state index in [1.807, 2.05) is 53.3 Å². The Labute approximate surface area is 118 Å². The fourth-order valence-electron chi connectivity index (χ4n) is 2.27. The van der Waals surface area contributed by atoms with E-state index in [2.05, 4.69) is 24.2 Å². The van der Waals surface area contributed by atoms with Crippen LogP contribution in [-0.4, -0.2) is 14.9 Å². The summed E-state index contributed by atoms with van der Waals surface area (Å²) in [4.78, 5) is 0. The molecule has 100 valence electrons. The Morgan fingerprint density at radius 3 is 2.55 bits per heavy atom. The molecule has 0 amide bonds. The SMILES string of the molecule is Cc1cccc(-c2nn(-c3ccccc3)cc2CO)c1. The number of hydrogen-bond acceptors (Lipinski definition) is 2. The van der Waals surface area contributed by atoms with Gasteiger partial charge in [-0.05, 0) is 25.1 Å². The summed E-state index contributed by atoms with van der Waals surface area (Å²) in [6.45, 7) is 2.03. The molecule has 0 spiro atoms. The lowest BCUT2D eigenvalue weighted by atomic mass is 10.1. The third kappa shape index (κ3) is 2.36. The number of aliphatic hydroxyl groups is 1. The lowest BCUT2D eigenvalue weighted by Crippen LogP contribution is -1.94. The van der Waals surface area contributed by atoms with Crippen molar-refractivity contribution >= 4 is 0 Å². The molecule has 0 saturated heterocycles. The van der Waals surface area contributed by atoms with Crippen LogP contribution in [0.25, 0.3) is 16.9 Å². The standard InChI is InChI=1S/C17H16N2O/c1-13-6-5-7-14(10-13)17-15(12-20)11-19(18-17)16-8-3-2-4-9-16/h2-11,20H,12H2,1H3. The molecule has 0 radical (unpaired) electrons. The Morgan fingerprint density at radius 1 is 1.05 bits per heavy atom. The van der Waals surface area contributed by atoms with Gasteiger partial charge in [0.25, 0.3) is 0 Å². The van der Waals surface area contributed by atoms with Gasteiger partial charge < -0.3 is 5.11 Å². The van der Waals surface area contributed by atoms with Crippen molar-refractivity contribution in [1.82, 2.24) is 9.78 Å². The fraction of sp³-hybridized carbons (Fsp3) is 0.118. The van der Waals surface area contributed by atoms with Crippen LogP contribution in [0.4, 0.5) is 0 Å². The molecule has 0 aliphatic carbocycles. The van der Waals surface area contributed by atoms with Crippen LogP contribution in [0.5, 0.6) is 0 Å². The Kier molecular flexibility index (Phi) is 3.35. The Bertz CT molecular complexity index is 717. The average Bonchev–Trinajstić information content (AvgIpc) is 2.92. The van der Waals surface area contributed by atoms with E-state index in [0.29, 0.717) is 0 Å². The van der Waals surface area contributed by atoms with E-state index in [1.54, 1.807) is 0 Å². The molecule has 0 unspecified atom stereocenters. The highest BCUT2D eigenvalue weighted by atomic mass is 16.3. The van der Waals surface area contributed by atoms with Crippen molar-refractivity contribution in [1.29, 1.82) is 0 Å². The first-order valence-corrected chi connectivity index (χ1v) is 6.60. The Morgan fingerprint density at radius 2 is 1.85 bits per heavy atom. The zero-order valence-electron chi connectivity index (χ0n) is 11.3. The van der Waals surface area contributed by atoms with Crippen molar-refractivity contribution in [2.75, 3.05) is 0 Å². The van der Waals surface area contributed by atoms with E-state index in [4.69, 9.17) is 0 Å². The van der Waals surface area contributed by atoms with Gasteiger partial charge in [-0.1, -0.05) is 42.0 Å². The molecule has 3 heteroatoms. The lowest BCUT2D eigenvalue weighted by Gasteiger charge is -2.01. The normalized spacial score (nSPS) is 10.7. The quantitative estimate of drug-likeness (QED) is 0.788. The molecule has 0 aliphatic rings. The number of benzene rings is 2. The highest BCUT2D eigenvalue weighted by molar-refractivity contribution is 5.63. The largest absolute Gasteiger partial charge is 0.392 e. The number of rotatable bonds is 3. The molecule has 0 atom stereocenters. The van der Waals surface area contributed by atoms with Crippen molar-refractivity contribution in [3.63, 3.8) is 0 Å². The highest BCUT2D eigenvalue weighted by Gasteiger charge is 2.11. The van der Waals surface area contributed by atoms with Crippen LogP contribution in [0, 0.1) is 6.92 Å². The number of nitrogens with zero attached hydrogens (tertiary/aromatic N) is 2. The number of aliphatic hydroxyl groups excluding tert-OH is 1. The van der Waals surface area contributed by atoms with Gasteiger partial charge in [0, 0.05) is 17.3 Å². The second-order valence-electron chi connectivity index (χ2n) is 4.81. The van der Waals surface area contributed by atoms with E-state index >= 15 is 0 Å². The second-order valence-corrected chi connectivity index (χ2v) is 4.81. The molecule has 0 aliphatic heterocycles. The number of para-hydroxylation sites is 1. The monoisotopic (exact) mass is 264 g/mol. The summed E-state index contributed by atoms with van der Waals surface area (Å²) < 4.78 is 1.81. The predicted molar refractivity (Wildman–Crippen MR) is 79.7 cm³/mol. The van der Waals surface area contributed by atoms with Crippen molar-refractivity contribution in [3.05, 3.63) is 71.9 Å². The van der Waals surface area contributed by atoms with Crippen LogP contribution in [-0.2, 0) is 6.61 Å². The maximum absolute atomic E-state index is 9.56. The summed E-state index contributed by atoms with van der Waals surface area (Å²) in [6, 6.07) is 18.1. The molecule has 3 rings (SSSR count).